The Hall–Kier alpha value is -0.269. The number of aryl methyl sites for hydroxylation is 1. The molecule has 0 aliphatic carbocycles. The molecule has 1 rings (SSSR count). The Kier molecular flexibility index (Phi) is 6.23. The van der Waals surface area contributed by atoms with Crippen molar-refractivity contribution in [2.75, 3.05) is 0 Å². The van der Waals surface area contributed by atoms with E-state index in [9.17, 15) is 9.59 Å². The quantitative estimate of drug-likeness (QED) is 0.618. The fraction of sp³-hybridized carbons (Fsp3) is 0.200. The molecule has 0 aromatic heterocycles. The summed E-state index contributed by atoms with van der Waals surface area (Å²) in [5.74, 6) is -4.17. The molecule has 15 heavy (non-hydrogen) atoms. The number of rotatable bonds is 3. The van der Waals surface area contributed by atoms with Gasteiger partial charge in [-0.3, -0.25) is 9.59 Å². The molecule has 1 aromatic rings. The average molecular weight is 334 g/mol. The Morgan fingerprint density at radius 1 is 1.07 bits per heavy atom. The van der Waals surface area contributed by atoms with Crippen molar-refractivity contribution in [3.05, 3.63) is 35.4 Å². The third kappa shape index (κ3) is 4.00. The van der Waals surface area contributed by atoms with E-state index in [1.54, 1.807) is 12.1 Å². The first-order valence-corrected chi connectivity index (χ1v) is 4.04. The molecule has 0 heterocycles. The molecule has 0 fully saturated rings. The summed E-state index contributed by atoms with van der Waals surface area (Å²) >= 11 is 0. The molecule has 0 bridgehead atoms. The van der Waals surface area contributed by atoms with Crippen LogP contribution in [0.2, 0.25) is 0 Å². The van der Waals surface area contributed by atoms with E-state index in [2.05, 4.69) is 0 Å². The van der Waals surface area contributed by atoms with E-state index in [-0.39, 0.29) is 54.4 Å². The van der Waals surface area contributed by atoms with E-state index in [4.69, 9.17) is 10.2 Å². The summed E-state index contributed by atoms with van der Waals surface area (Å²) in [6, 6.07) is 6.41. The zero-order valence-corrected chi connectivity index (χ0v) is 7.60. The van der Waals surface area contributed by atoms with Crippen LogP contribution in [0.5, 0.6) is 0 Å². The van der Waals surface area contributed by atoms with Crippen LogP contribution in [0.15, 0.2) is 24.3 Å². The maximum absolute atomic E-state index is 10.6. The number of benzene rings is 1. The predicted molar refractivity (Wildman–Crippen MR) is 57.7 cm³/mol. The van der Waals surface area contributed by atoms with E-state index in [0.717, 1.165) is 5.56 Å². The van der Waals surface area contributed by atoms with Gasteiger partial charge in [-0.1, -0.05) is 29.8 Å². The van der Waals surface area contributed by atoms with Crippen LogP contribution in [-0.2, 0) is 9.59 Å². The van der Waals surface area contributed by atoms with Crippen molar-refractivity contribution in [2.24, 2.45) is 0 Å². The molecule has 0 spiro atoms. The molecule has 0 aliphatic heterocycles. The SMILES string of the molecule is Cc1ccc(C(C(=O)O)C(=O)O)cc1.[BaH2]. The molecule has 78 valence electrons. The van der Waals surface area contributed by atoms with Crippen LogP contribution >= 0.6 is 0 Å². The second-order valence-corrected chi connectivity index (χ2v) is 3.02. The Balaban J connectivity index is 0.00000196. The van der Waals surface area contributed by atoms with Gasteiger partial charge in [0, 0.05) is 0 Å². The maximum atomic E-state index is 10.6. The summed E-state index contributed by atoms with van der Waals surface area (Å²) in [5, 5.41) is 17.4. The summed E-state index contributed by atoms with van der Waals surface area (Å²) in [6.45, 7) is 1.85. The summed E-state index contributed by atoms with van der Waals surface area (Å²) in [4.78, 5) is 21.3. The number of carbonyl (C=O) groups is 2. The minimum absolute atomic E-state index is 0. The molecule has 0 saturated carbocycles. The van der Waals surface area contributed by atoms with Crippen molar-refractivity contribution < 1.29 is 19.8 Å². The van der Waals surface area contributed by atoms with Gasteiger partial charge >= 0.3 is 60.8 Å². The summed E-state index contributed by atoms with van der Waals surface area (Å²) in [6.07, 6.45) is 0. The van der Waals surface area contributed by atoms with Gasteiger partial charge in [-0.2, -0.15) is 0 Å². The van der Waals surface area contributed by atoms with Gasteiger partial charge in [-0.15, -0.1) is 0 Å². The third-order valence-corrected chi connectivity index (χ3v) is 1.90. The fourth-order valence-corrected chi connectivity index (χ4v) is 1.15. The number of aliphatic carboxylic acids is 2. The number of hydrogen-bond acceptors (Lipinski definition) is 2. The standard InChI is InChI=1S/C10H10O4.Ba.2H/c1-6-2-4-7(5-3-6)8(9(11)12)10(13)14;;;/h2-5,8H,1H3,(H,11,12)(H,13,14);;;. The van der Waals surface area contributed by atoms with E-state index < -0.39 is 17.9 Å². The molecule has 0 saturated heterocycles. The monoisotopic (exact) mass is 334 g/mol. The first-order chi connectivity index (χ1) is 6.52. The molecular formula is C10H12BaO4. The molecule has 0 radical (unpaired) electrons. The first kappa shape index (κ1) is 14.7. The molecule has 1 aromatic carbocycles. The topological polar surface area (TPSA) is 74.6 Å². The minimum atomic E-state index is -1.48. The first-order valence-electron chi connectivity index (χ1n) is 4.04. The van der Waals surface area contributed by atoms with Crippen LogP contribution in [0.3, 0.4) is 0 Å². The van der Waals surface area contributed by atoms with Gasteiger partial charge in [-0.25, -0.2) is 0 Å². The molecule has 0 unspecified atom stereocenters. The van der Waals surface area contributed by atoms with Crippen LogP contribution in [0.4, 0.5) is 0 Å². The fourth-order valence-electron chi connectivity index (χ4n) is 1.15. The normalized spacial score (nSPS) is 9.47. The Bertz CT molecular complexity index is 344. The number of hydrogen-bond donors (Lipinski definition) is 2. The van der Waals surface area contributed by atoms with Crippen molar-refractivity contribution in [3.8, 4) is 0 Å². The Labute approximate surface area is 127 Å². The second kappa shape index (κ2) is 6.34. The van der Waals surface area contributed by atoms with Crippen molar-refractivity contribution >= 4 is 60.8 Å². The molecule has 0 aliphatic rings. The zero-order valence-electron chi connectivity index (χ0n) is 7.60. The van der Waals surface area contributed by atoms with E-state index >= 15 is 0 Å². The van der Waals surface area contributed by atoms with Crippen LogP contribution in [0.1, 0.15) is 17.0 Å². The van der Waals surface area contributed by atoms with E-state index in [1.165, 1.54) is 12.1 Å². The molecule has 2 N–H and O–H groups in total. The van der Waals surface area contributed by atoms with Gasteiger partial charge in [-0.05, 0) is 12.5 Å². The predicted octanol–water partition coefficient (Wildman–Crippen LogP) is 0.332. The molecule has 0 atom stereocenters. The van der Waals surface area contributed by atoms with Crippen molar-refractivity contribution in [1.29, 1.82) is 0 Å². The Morgan fingerprint density at radius 2 is 1.47 bits per heavy atom. The van der Waals surface area contributed by atoms with Gasteiger partial charge in [0.25, 0.3) is 0 Å². The van der Waals surface area contributed by atoms with Crippen LogP contribution in [0, 0.1) is 6.92 Å². The summed E-state index contributed by atoms with van der Waals surface area (Å²) < 4.78 is 0. The molecule has 5 heteroatoms. The summed E-state index contributed by atoms with van der Waals surface area (Å²) in [5.41, 5.74) is 1.25. The van der Waals surface area contributed by atoms with Gasteiger partial charge < -0.3 is 10.2 Å². The van der Waals surface area contributed by atoms with Crippen molar-refractivity contribution in [1.82, 2.24) is 0 Å². The van der Waals surface area contributed by atoms with Gasteiger partial charge in [0.15, 0.2) is 5.92 Å². The molecule has 0 amide bonds. The van der Waals surface area contributed by atoms with E-state index in [1.807, 2.05) is 6.92 Å². The van der Waals surface area contributed by atoms with Gasteiger partial charge in [0.05, 0.1) is 0 Å². The van der Waals surface area contributed by atoms with Gasteiger partial charge in [0.2, 0.25) is 0 Å². The van der Waals surface area contributed by atoms with Crippen LogP contribution in [0.25, 0.3) is 0 Å². The van der Waals surface area contributed by atoms with Crippen LogP contribution in [-0.4, -0.2) is 71.0 Å². The number of carboxylic acid groups (broad SMARTS) is 2. The van der Waals surface area contributed by atoms with Crippen molar-refractivity contribution in [3.63, 3.8) is 0 Å². The summed E-state index contributed by atoms with van der Waals surface area (Å²) in [7, 11) is 0. The zero-order chi connectivity index (χ0) is 10.7. The second-order valence-electron chi connectivity index (χ2n) is 3.02. The van der Waals surface area contributed by atoms with Crippen LogP contribution < -0.4 is 0 Å². The van der Waals surface area contributed by atoms with E-state index in [0.29, 0.717) is 0 Å². The average Bonchev–Trinajstić information content (AvgIpc) is 2.07. The third-order valence-electron chi connectivity index (χ3n) is 1.90. The Morgan fingerprint density at radius 3 is 1.80 bits per heavy atom. The molecule has 4 nitrogen and oxygen atoms in total. The number of carboxylic acids is 2. The van der Waals surface area contributed by atoms with Crippen molar-refractivity contribution in [2.45, 2.75) is 12.8 Å². The van der Waals surface area contributed by atoms with Gasteiger partial charge in [0.1, 0.15) is 0 Å². The molecular weight excluding hydrogens is 321 g/mol.